The van der Waals surface area contributed by atoms with E-state index in [0.29, 0.717) is 0 Å². The van der Waals surface area contributed by atoms with Crippen LogP contribution in [0.5, 0.6) is 0 Å². The van der Waals surface area contributed by atoms with Gasteiger partial charge >= 0.3 is 0 Å². The lowest BCUT2D eigenvalue weighted by Gasteiger charge is -2.14. The van der Waals surface area contributed by atoms with Crippen LogP contribution in [0, 0.1) is 6.92 Å². The molecule has 1 aromatic rings. The van der Waals surface area contributed by atoms with E-state index in [-0.39, 0.29) is 5.54 Å². The first kappa shape index (κ1) is 8.30. The van der Waals surface area contributed by atoms with Crippen molar-refractivity contribution in [1.82, 2.24) is 5.32 Å². The molecule has 0 aromatic heterocycles. The van der Waals surface area contributed by atoms with Crippen LogP contribution in [-0.2, 0) is 10.3 Å². The molecule has 0 atom stereocenters. The zero-order chi connectivity index (χ0) is 9.31. The Bertz CT molecular complexity index is 311. The molecule has 1 N–H and O–H groups in total. The number of carbonyl (C=O) groups is 1. The minimum absolute atomic E-state index is 0.0323. The number of amides is 1. The third-order valence-corrected chi connectivity index (χ3v) is 2.69. The van der Waals surface area contributed by atoms with Gasteiger partial charge in [0.15, 0.2) is 0 Å². The van der Waals surface area contributed by atoms with Gasteiger partial charge in [-0.05, 0) is 25.3 Å². The summed E-state index contributed by atoms with van der Waals surface area (Å²) >= 11 is 0. The van der Waals surface area contributed by atoms with Crippen molar-refractivity contribution >= 4 is 6.41 Å². The van der Waals surface area contributed by atoms with Crippen molar-refractivity contribution in [1.29, 1.82) is 0 Å². The maximum atomic E-state index is 10.4. The zero-order valence-corrected chi connectivity index (χ0v) is 7.71. The van der Waals surface area contributed by atoms with E-state index in [1.807, 2.05) is 0 Å². The van der Waals surface area contributed by atoms with E-state index >= 15 is 0 Å². The highest BCUT2D eigenvalue weighted by Gasteiger charge is 2.43. The Morgan fingerprint density at radius 2 is 1.92 bits per heavy atom. The molecule has 1 aromatic carbocycles. The fraction of sp³-hybridized carbons (Fsp3) is 0.364. The second-order valence-corrected chi connectivity index (χ2v) is 3.71. The highest BCUT2D eigenvalue weighted by Crippen LogP contribution is 2.44. The summed E-state index contributed by atoms with van der Waals surface area (Å²) in [5.74, 6) is 0. The number of carbonyl (C=O) groups excluding carboxylic acids is 1. The minimum Gasteiger partial charge on any atom is -0.349 e. The third-order valence-electron chi connectivity index (χ3n) is 2.69. The summed E-state index contributed by atoms with van der Waals surface area (Å²) < 4.78 is 0. The highest BCUT2D eigenvalue weighted by atomic mass is 16.1. The van der Waals surface area contributed by atoms with E-state index < -0.39 is 0 Å². The van der Waals surface area contributed by atoms with Crippen LogP contribution in [0.4, 0.5) is 0 Å². The average Bonchev–Trinajstić information content (AvgIpc) is 2.87. The Morgan fingerprint density at radius 1 is 1.31 bits per heavy atom. The Balaban J connectivity index is 2.25. The first-order valence-corrected chi connectivity index (χ1v) is 4.55. The zero-order valence-electron chi connectivity index (χ0n) is 7.71. The average molecular weight is 175 g/mol. The van der Waals surface area contributed by atoms with Crippen molar-refractivity contribution in [3.8, 4) is 0 Å². The Hall–Kier alpha value is -1.31. The fourth-order valence-corrected chi connectivity index (χ4v) is 1.63. The molecule has 0 heterocycles. The highest BCUT2D eigenvalue weighted by molar-refractivity contribution is 5.51. The molecule has 2 rings (SSSR count). The van der Waals surface area contributed by atoms with Gasteiger partial charge < -0.3 is 5.32 Å². The number of rotatable bonds is 3. The molecule has 2 heteroatoms. The van der Waals surface area contributed by atoms with Crippen LogP contribution in [0.2, 0.25) is 0 Å². The van der Waals surface area contributed by atoms with Gasteiger partial charge in [0, 0.05) is 0 Å². The molecule has 1 fully saturated rings. The molecule has 0 radical (unpaired) electrons. The molecular formula is C11H13NO. The predicted octanol–water partition coefficient (Wildman–Crippen LogP) is 1.73. The van der Waals surface area contributed by atoms with Crippen molar-refractivity contribution < 1.29 is 4.79 Å². The van der Waals surface area contributed by atoms with Crippen molar-refractivity contribution in [2.75, 3.05) is 0 Å². The van der Waals surface area contributed by atoms with Crippen molar-refractivity contribution in [3.63, 3.8) is 0 Å². The number of hydrogen-bond donors (Lipinski definition) is 1. The molecule has 0 saturated heterocycles. The SMILES string of the molecule is Cc1ccc(C2(NC=O)CC2)cc1. The summed E-state index contributed by atoms with van der Waals surface area (Å²) in [6, 6.07) is 8.36. The lowest BCUT2D eigenvalue weighted by molar-refractivity contribution is -0.110. The number of benzene rings is 1. The largest absolute Gasteiger partial charge is 0.349 e. The van der Waals surface area contributed by atoms with E-state index in [2.05, 4.69) is 36.5 Å². The minimum atomic E-state index is -0.0323. The fourth-order valence-electron chi connectivity index (χ4n) is 1.63. The van der Waals surface area contributed by atoms with Gasteiger partial charge in [0.25, 0.3) is 0 Å². The predicted molar refractivity (Wildman–Crippen MR) is 51.3 cm³/mol. The van der Waals surface area contributed by atoms with Crippen LogP contribution < -0.4 is 5.32 Å². The van der Waals surface area contributed by atoms with Crippen LogP contribution in [0.15, 0.2) is 24.3 Å². The number of aryl methyl sites for hydroxylation is 1. The smallest absolute Gasteiger partial charge is 0.207 e. The molecule has 1 aliphatic rings. The van der Waals surface area contributed by atoms with E-state index in [0.717, 1.165) is 19.3 Å². The van der Waals surface area contributed by atoms with Crippen LogP contribution in [-0.4, -0.2) is 6.41 Å². The molecule has 2 nitrogen and oxygen atoms in total. The first-order valence-electron chi connectivity index (χ1n) is 4.55. The molecule has 68 valence electrons. The van der Waals surface area contributed by atoms with Gasteiger partial charge in [-0.25, -0.2) is 0 Å². The normalized spacial score (nSPS) is 17.9. The molecular weight excluding hydrogens is 162 g/mol. The summed E-state index contributed by atoms with van der Waals surface area (Å²) in [6.45, 7) is 2.07. The van der Waals surface area contributed by atoms with E-state index in [4.69, 9.17) is 0 Å². The lowest BCUT2D eigenvalue weighted by atomic mass is 10.0. The second kappa shape index (κ2) is 2.87. The van der Waals surface area contributed by atoms with Crippen LogP contribution in [0.25, 0.3) is 0 Å². The maximum Gasteiger partial charge on any atom is 0.207 e. The lowest BCUT2D eigenvalue weighted by Crippen LogP contribution is -2.27. The quantitative estimate of drug-likeness (QED) is 0.696. The van der Waals surface area contributed by atoms with Crippen LogP contribution in [0.3, 0.4) is 0 Å². The Labute approximate surface area is 78.0 Å². The summed E-state index contributed by atoms with van der Waals surface area (Å²) in [6.07, 6.45) is 2.93. The molecule has 0 bridgehead atoms. The van der Waals surface area contributed by atoms with Gasteiger partial charge in [-0.1, -0.05) is 29.8 Å². The molecule has 1 aliphatic carbocycles. The van der Waals surface area contributed by atoms with E-state index in [1.54, 1.807) is 0 Å². The van der Waals surface area contributed by atoms with Gasteiger partial charge in [-0.15, -0.1) is 0 Å². The number of nitrogens with one attached hydrogen (secondary N) is 1. The topological polar surface area (TPSA) is 29.1 Å². The van der Waals surface area contributed by atoms with Gasteiger partial charge in [0.1, 0.15) is 0 Å². The standard InChI is InChI=1S/C11H13NO/c1-9-2-4-10(5-3-9)11(6-7-11)12-8-13/h2-5,8H,6-7H2,1H3,(H,12,13). The molecule has 1 saturated carbocycles. The Kier molecular flexibility index (Phi) is 1.83. The molecule has 0 spiro atoms. The van der Waals surface area contributed by atoms with Gasteiger partial charge in [-0.3, -0.25) is 4.79 Å². The number of hydrogen-bond acceptors (Lipinski definition) is 1. The molecule has 13 heavy (non-hydrogen) atoms. The summed E-state index contributed by atoms with van der Waals surface area (Å²) in [5, 5.41) is 2.89. The van der Waals surface area contributed by atoms with Crippen LogP contribution >= 0.6 is 0 Å². The van der Waals surface area contributed by atoms with Crippen molar-refractivity contribution in [2.24, 2.45) is 0 Å². The van der Waals surface area contributed by atoms with Gasteiger partial charge in [-0.2, -0.15) is 0 Å². The summed E-state index contributed by atoms with van der Waals surface area (Å²) in [4.78, 5) is 10.4. The first-order chi connectivity index (χ1) is 6.27. The van der Waals surface area contributed by atoms with Crippen LogP contribution in [0.1, 0.15) is 24.0 Å². The monoisotopic (exact) mass is 175 g/mol. The van der Waals surface area contributed by atoms with Crippen molar-refractivity contribution in [3.05, 3.63) is 35.4 Å². The Morgan fingerprint density at radius 3 is 2.38 bits per heavy atom. The van der Waals surface area contributed by atoms with E-state index in [1.165, 1.54) is 11.1 Å². The summed E-state index contributed by atoms with van der Waals surface area (Å²) in [5.41, 5.74) is 2.45. The van der Waals surface area contributed by atoms with Gasteiger partial charge in [0.2, 0.25) is 6.41 Å². The third kappa shape index (κ3) is 1.44. The van der Waals surface area contributed by atoms with Gasteiger partial charge in [0.05, 0.1) is 5.54 Å². The molecule has 1 amide bonds. The molecule has 0 aliphatic heterocycles. The van der Waals surface area contributed by atoms with E-state index in [9.17, 15) is 4.79 Å². The second-order valence-electron chi connectivity index (χ2n) is 3.71. The molecule has 0 unspecified atom stereocenters. The summed E-state index contributed by atoms with van der Waals surface area (Å²) in [7, 11) is 0. The van der Waals surface area contributed by atoms with Crippen molar-refractivity contribution in [2.45, 2.75) is 25.3 Å². The maximum absolute atomic E-state index is 10.4.